The van der Waals surface area contributed by atoms with E-state index < -0.39 is 23.5 Å². The zero-order chi connectivity index (χ0) is 14.0. The van der Waals surface area contributed by atoms with Gasteiger partial charge in [-0.3, -0.25) is 0 Å². The predicted molar refractivity (Wildman–Crippen MR) is 68.4 cm³/mol. The van der Waals surface area contributed by atoms with Crippen molar-refractivity contribution in [3.05, 3.63) is 70.0 Å². The van der Waals surface area contributed by atoms with Crippen molar-refractivity contribution in [2.24, 2.45) is 5.73 Å². The van der Waals surface area contributed by atoms with Gasteiger partial charge in [0.1, 0.15) is 17.5 Å². The third-order valence-corrected chi connectivity index (χ3v) is 3.23. The Morgan fingerprint density at radius 3 is 2.53 bits per heavy atom. The van der Waals surface area contributed by atoms with Crippen LogP contribution in [0.15, 0.2) is 36.4 Å². The smallest absolute Gasteiger partial charge is 0.142 e. The Morgan fingerprint density at radius 1 is 1.05 bits per heavy atom. The Hall–Kier alpha value is -1.52. The molecule has 2 aromatic rings. The highest BCUT2D eigenvalue weighted by Crippen LogP contribution is 2.27. The van der Waals surface area contributed by atoms with Gasteiger partial charge in [0.25, 0.3) is 0 Å². The van der Waals surface area contributed by atoms with E-state index >= 15 is 0 Å². The monoisotopic (exact) mass is 285 g/mol. The molecule has 100 valence electrons. The van der Waals surface area contributed by atoms with Crippen LogP contribution in [0.4, 0.5) is 13.2 Å². The molecular weight excluding hydrogens is 275 g/mol. The maximum atomic E-state index is 13.5. The molecule has 0 aliphatic heterocycles. The van der Waals surface area contributed by atoms with Gasteiger partial charge in [0, 0.05) is 6.04 Å². The number of halogens is 4. The maximum absolute atomic E-state index is 13.5. The largest absolute Gasteiger partial charge is 0.324 e. The minimum Gasteiger partial charge on any atom is -0.324 e. The average molecular weight is 286 g/mol. The molecule has 0 saturated carbocycles. The number of hydrogen-bond donors (Lipinski definition) is 1. The van der Waals surface area contributed by atoms with Gasteiger partial charge >= 0.3 is 0 Å². The van der Waals surface area contributed by atoms with Crippen LogP contribution in [0, 0.1) is 17.5 Å². The summed E-state index contributed by atoms with van der Waals surface area (Å²) in [6.07, 6.45) is 0.0345. The van der Waals surface area contributed by atoms with E-state index in [4.69, 9.17) is 17.3 Å². The molecule has 0 saturated heterocycles. The van der Waals surface area contributed by atoms with Gasteiger partial charge in [-0.25, -0.2) is 13.2 Å². The minimum absolute atomic E-state index is 0.0345. The molecular formula is C14H11ClF3N. The summed E-state index contributed by atoms with van der Waals surface area (Å²) in [7, 11) is 0. The van der Waals surface area contributed by atoms with E-state index in [0.29, 0.717) is 5.56 Å². The molecule has 0 spiro atoms. The predicted octanol–water partition coefficient (Wildman–Crippen LogP) is 4.00. The van der Waals surface area contributed by atoms with Crippen molar-refractivity contribution in [1.82, 2.24) is 0 Å². The Balaban J connectivity index is 2.28. The van der Waals surface area contributed by atoms with Crippen LogP contribution in [0.3, 0.4) is 0 Å². The first-order valence-corrected chi connectivity index (χ1v) is 6.00. The van der Waals surface area contributed by atoms with E-state index in [9.17, 15) is 13.2 Å². The second-order valence-corrected chi connectivity index (χ2v) is 4.57. The molecule has 2 N–H and O–H groups in total. The first-order chi connectivity index (χ1) is 8.99. The first kappa shape index (κ1) is 13.9. The number of benzene rings is 2. The molecule has 1 nitrogen and oxygen atoms in total. The highest BCUT2D eigenvalue weighted by atomic mass is 35.5. The molecule has 0 bridgehead atoms. The van der Waals surface area contributed by atoms with Crippen LogP contribution in [-0.2, 0) is 6.42 Å². The second kappa shape index (κ2) is 5.63. The third-order valence-electron chi connectivity index (χ3n) is 2.83. The fourth-order valence-electron chi connectivity index (χ4n) is 1.85. The SMILES string of the molecule is NC(Cc1cc(F)ccc1F)c1cccc(F)c1Cl. The lowest BCUT2D eigenvalue weighted by molar-refractivity contribution is 0.571. The summed E-state index contributed by atoms with van der Waals surface area (Å²) in [4.78, 5) is 0. The Kier molecular flexibility index (Phi) is 4.12. The fraction of sp³-hybridized carbons (Fsp3) is 0.143. The molecule has 0 fully saturated rings. The lowest BCUT2D eigenvalue weighted by Gasteiger charge is -2.14. The van der Waals surface area contributed by atoms with Crippen LogP contribution in [-0.4, -0.2) is 0 Å². The van der Waals surface area contributed by atoms with E-state index in [2.05, 4.69) is 0 Å². The van der Waals surface area contributed by atoms with Gasteiger partial charge in [0.2, 0.25) is 0 Å². The molecule has 0 radical (unpaired) electrons. The second-order valence-electron chi connectivity index (χ2n) is 4.19. The summed E-state index contributed by atoms with van der Waals surface area (Å²) in [5.74, 6) is -1.69. The van der Waals surface area contributed by atoms with Gasteiger partial charge in [-0.2, -0.15) is 0 Å². The van der Waals surface area contributed by atoms with Crippen LogP contribution >= 0.6 is 11.6 Å². The highest BCUT2D eigenvalue weighted by Gasteiger charge is 2.15. The summed E-state index contributed by atoms with van der Waals surface area (Å²) in [5.41, 5.74) is 6.37. The van der Waals surface area contributed by atoms with Crippen molar-refractivity contribution in [3.8, 4) is 0 Å². The molecule has 0 heterocycles. The standard InChI is InChI=1S/C14H11ClF3N/c15-14-10(2-1-3-12(14)18)13(19)7-8-6-9(16)4-5-11(8)17/h1-6,13H,7,19H2. The Bertz CT molecular complexity index is 601. The quantitative estimate of drug-likeness (QED) is 0.906. The normalized spacial score (nSPS) is 12.5. The zero-order valence-corrected chi connectivity index (χ0v) is 10.6. The van der Waals surface area contributed by atoms with Gasteiger partial charge in [-0.1, -0.05) is 23.7 Å². The maximum Gasteiger partial charge on any atom is 0.142 e. The Labute approximate surface area is 113 Å². The van der Waals surface area contributed by atoms with Gasteiger partial charge in [0.15, 0.2) is 0 Å². The number of hydrogen-bond acceptors (Lipinski definition) is 1. The first-order valence-electron chi connectivity index (χ1n) is 5.62. The van der Waals surface area contributed by atoms with Crippen molar-refractivity contribution >= 4 is 11.6 Å². The molecule has 19 heavy (non-hydrogen) atoms. The summed E-state index contributed by atoms with van der Waals surface area (Å²) >= 11 is 5.80. The van der Waals surface area contributed by atoms with E-state index in [1.165, 1.54) is 12.1 Å². The van der Waals surface area contributed by atoms with Crippen molar-refractivity contribution in [2.45, 2.75) is 12.5 Å². The van der Waals surface area contributed by atoms with E-state index in [1.807, 2.05) is 0 Å². The van der Waals surface area contributed by atoms with Crippen LogP contribution in [0.25, 0.3) is 0 Å². The molecule has 0 aromatic heterocycles. The third kappa shape index (κ3) is 3.08. The highest BCUT2D eigenvalue weighted by molar-refractivity contribution is 6.31. The van der Waals surface area contributed by atoms with E-state index in [-0.39, 0.29) is 17.0 Å². The van der Waals surface area contributed by atoms with Crippen molar-refractivity contribution in [2.75, 3.05) is 0 Å². The lowest BCUT2D eigenvalue weighted by atomic mass is 9.99. The summed E-state index contributed by atoms with van der Waals surface area (Å²) in [6, 6.07) is 6.67. The fourth-order valence-corrected chi connectivity index (χ4v) is 2.12. The number of nitrogens with two attached hydrogens (primary N) is 1. The summed E-state index contributed by atoms with van der Waals surface area (Å²) in [6.45, 7) is 0. The molecule has 2 rings (SSSR count). The van der Waals surface area contributed by atoms with Crippen LogP contribution < -0.4 is 5.73 Å². The van der Waals surface area contributed by atoms with Gasteiger partial charge in [-0.15, -0.1) is 0 Å². The van der Waals surface area contributed by atoms with Crippen molar-refractivity contribution in [3.63, 3.8) is 0 Å². The summed E-state index contributed by atoms with van der Waals surface area (Å²) in [5, 5.41) is -0.0909. The molecule has 1 atom stereocenters. The van der Waals surface area contributed by atoms with Gasteiger partial charge in [0.05, 0.1) is 5.02 Å². The molecule has 0 aliphatic rings. The van der Waals surface area contributed by atoms with Crippen LogP contribution in [0.1, 0.15) is 17.2 Å². The Morgan fingerprint density at radius 2 is 1.79 bits per heavy atom. The average Bonchev–Trinajstić information content (AvgIpc) is 2.37. The van der Waals surface area contributed by atoms with Gasteiger partial charge in [-0.05, 0) is 41.8 Å². The molecule has 0 aliphatic carbocycles. The van der Waals surface area contributed by atoms with Crippen molar-refractivity contribution < 1.29 is 13.2 Å². The molecule has 2 aromatic carbocycles. The van der Waals surface area contributed by atoms with Crippen LogP contribution in [0.5, 0.6) is 0 Å². The molecule has 0 amide bonds. The van der Waals surface area contributed by atoms with Crippen molar-refractivity contribution in [1.29, 1.82) is 0 Å². The lowest BCUT2D eigenvalue weighted by Crippen LogP contribution is -2.15. The van der Waals surface area contributed by atoms with E-state index in [0.717, 1.165) is 18.2 Å². The van der Waals surface area contributed by atoms with E-state index in [1.54, 1.807) is 6.07 Å². The van der Waals surface area contributed by atoms with Gasteiger partial charge < -0.3 is 5.73 Å². The molecule has 1 unspecified atom stereocenters. The topological polar surface area (TPSA) is 26.0 Å². The van der Waals surface area contributed by atoms with Crippen LogP contribution in [0.2, 0.25) is 5.02 Å². The number of rotatable bonds is 3. The zero-order valence-electron chi connectivity index (χ0n) is 9.84. The molecule has 5 heteroatoms. The summed E-state index contributed by atoms with van der Waals surface area (Å²) < 4.78 is 39.8. The minimum atomic E-state index is -0.709.